The maximum atomic E-state index is 11.2. The number of carbonyl (C=O) groups excluding carboxylic acids is 1. The van der Waals surface area contributed by atoms with Crippen LogP contribution in [0, 0.1) is 13.8 Å². The van der Waals surface area contributed by atoms with Crippen LogP contribution in [0.4, 0.5) is 0 Å². The second-order valence-electron chi connectivity index (χ2n) is 4.35. The third kappa shape index (κ3) is 2.38. The van der Waals surface area contributed by atoms with Gasteiger partial charge >= 0.3 is 0 Å². The van der Waals surface area contributed by atoms with Crippen LogP contribution in [0.15, 0.2) is 16.6 Å². The minimum Gasteiger partial charge on any atom is -0.487 e. The Morgan fingerprint density at radius 3 is 2.35 bits per heavy atom. The molecule has 1 fully saturated rings. The van der Waals surface area contributed by atoms with Gasteiger partial charge in [-0.2, -0.15) is 0 Å². The molecule has 0 spiro atoms. The molecule has 1 saturated carbocycles. The van der Waals surface area contributed by atoms with Crippen molar-refractivity contribution in [3.8, 4) is 5.75 Å². The first-order chi connectivity index (χ1) is 8.02. The number of ketones is 1. The second-order valence-corrected chi connectivity index (χ2v) is 5.15. The molecule has 0 bridgehead atoms. The molecule has 4 heteroatoms. The van der Waals surface area contributed by atoms with Crippen LogP contribution in [0.25, 0.3) is 0 Å². The zero-order valence-electron chi connectivity index (χ0n) is 10.1. The molecule has 0 aromatic heterocycles. The summed E-state index contributed by atoms with van der Waals surface area (Å²) in [5, 5.41) is 0. The lowest BCUT2D eigenvalue weighted by Gasteiger charge is -2.33. The highest BCUT2D eigenvalue weighted by Gasteiger charge is 2.42. The monoisotopic (exact) mass is 298 g/mol. The Balaban J connectivity index is 2.12. The van der Waals surface area contributed by atoms with Crippen molar-refractivity contribution in [1.29, 1.82) is 0 Å². The van der Waals surface area contributed by atoms with E-state index in [-0.39, 0.29) is 11.9 Å². The molecule has 0 N–H and O–H groups in total. The number of hydrogen-bond acceptors (Lipinski definition) is 3. The average Bonchev–Trinajstić information content (AvgIpc) is 2.25. The lowest BCUT2D eigenvalue weighted by Crippen LogP contribution is -2.51. The first-order valence-electron chi connectivity index (χ1n) is 5.52. The highest BCUT2D eigenvalue weighted by Crippen LogP contribution is 2.30. The highest BCUT2D eigenvalue weighted by molar-refractivity contribution is 9.10. The van der Waals surface area contributed by atoms with Crippen LogP contribution >= 0.6 is 15.9 Å². The van der Waals surface area contributed by atoms with Crippen molar-refractivity contribution in [2.45, 2.75) is 32.5 Å². The number of Topliss-reactive ketones (excluding diaryl/α,β-unsaturated/α-hetero) is 1. The fourth-order valence-electron chi connectivity index (χ4n) is 2.00. The molecule has 0 amide bonds. The van der Waals surface area contributed by atoms with Gasteiger partial charge in [0.05, 0.1) is 0 Å². The molecule has 0 aliphatic heterocycles. The van der Waals surface area contributed by atoms with E-state index in [2.05, 4.69) is 15.9 Å². The fraction of sp³-hybridized carbons (Fsp3) is 0.462. The number of hydrogen-bond donors (Lipinski definition) is 0. The van der Waals surface area contributed by atoms with E-state index >= 15 is 0 Å². The van der Waals surface area contributed by atoms with Crippen molar-refractivity contribution in [2.75, 3.05) is 7.11 Å². The minimum absolute atomic E-state index is 0.114. The highest BCUT2D eigenvalue weighted by atomic mass is 79.9. The molecule has 2 unspecified atom stereocenters. The lowest BCUT2D eigenvalue weighted by molar-refractivity contribution is -0.150. The third-order valence-electron chi connectivity index (χ3n) is 3.01. The van der Waals surface area contributed by atoms with E-state index in [1.807, 2.05) is 26.0 Å². The summed E-state index contributed by atoms with van der Waals surface area (Å²) >= 11 is 3.51. The van der Waals surface area contributed by atoms with Gasteiger partial charge in [-0.25, -0.2) is 0 Å². The molecule has 92 valence electrons. The Kier molecular flexibility index (Phi) is 3.54. The van der Waals surface area contributed by atoms with Crippen molar-refractivity contribution in [3.05, 3.63) is 27.7 Å². The van der Waals surface area contributed by atoms with Crippen molar-refractivity contribution in [1.82, 2.24) is 0 Å². The van der Waals surface area contributed by atoms with Gasteiger partial charge in [-0.15, -0.1) is 0 Å². The molecule has 0 saturated heterocycles. The van der Waals surface area contributed by atoms with Crippen LogP contribution in [-0.2, 0) is 9.53 Å². The van der Waals surface area contributed by atoms with Crippen LogP contribution in [0.5, 0.6) is 5.75 Å². The van der Waals surface area contributed by atoms with Crippen molar-refractivity contribution >= 4 is 21.7 Å². The molecule has 2 rings (SSSR count). The van der Waals surface area contributed by atoms with Crippen LogP contribution in [0.3, 0.4) is 0 Å². The maximum Gasteiger partial charge on any atom is 0.169 e. The SMILES string of the molecule is COC1C(=O)CC1Oc1cc(C)c(Br)c(C)c1. The van der Waals surface area contributed by atoms with Gasteiger partial charge < -0.3 is 9.47 Å². The van der Waals surface area contributed by atoms with E-state index in [0.717, 1.165) is 21.3 Å². The van der Waals surface area contributed by atoms with Gasteiger partial charge in [0.25, 0.3) is 0 Å². The molecule has 1 aliphatic carbocycles. The van der Waals surface area contributed by atoms with E-state index in [0.29, 0.717) is 6.42 Å². The zero-order valence-corrected chi connectivity index (χ0v) is 11.7. The molecule has 1 aromatic rings. The van der Waals surface area contributed by atoms with E-state index in [1.165, 1.54) is 7.11 Å². The Morgan fingerprint density at radius 1 is 1.29 bits per heavy atom. The number of rotatable bonds is 3. The number of carbonyl (C=O) groups is 1. The topological polar surface area (TPSA) is 35.5 Å². The average molecular weight is 299 g/mol. The Hall–Kier alpha value is -0.870. The molecule has 0 radical (unpaired) electrons. The van der Waals surface area contributed by atoms with Gasteiger partial charge in [-0.05, 0) is 37.1 Å². The molecule has 17 heavy (non-hydrogen) atoms. The summed E-state index contributed by atoms with van der Waals surface area (Å²) in [7, 11) is 1.54. The summed E-state index contributed by atoms with van der Waals surface area (Å²) in [6.07, 6.45) is -0.112. The largest absolute Gasteiger partial charge is 0.487 e. The first-order valence-corrected chi connectivity index (χ1v) is 6.31. The molecule has 1 aliphatic rings. The number of aryl methyl sites for hydroxylation is 2. The summed E-state index contributed by atoms with van der Waals surface area (Å²) in [6, 6.07) is 3.93. The number of methoxy groups -OCH3 is 1. The molecule has 3 nitrogen and oxygen atoms in total. The summed E-state index contributed by atoms with van der Waals surface area (Å²) in [5.74, 6) is 0.908. The molecule has 1 aromatic carbocycles. The van der Waals surface area contributed by atoms with Crippen LogP contribution < -0.4 is 4.74 Å². The molecular formula is C13H15BrO3. The van der Waals surface area contributed by atoms with Gasteiger partial charge in [0.15, 0.2) is 11.9 Å². The second kappa shape index (κ2) is 4.78. The normalized spacial score (nSPS) is 23.4. The van der Waals surface area contributed by atoms with Crippen LogP contribution in [-0.4, -0.2) is 25.1 Å². The summed E-state index contributed by atoms with van der Waals surface area (Å²) < 4.78 is 12.0. The molecule has 0 heterocycles. The first kappa shape index (κ1) is 12.6. The minimum atomic E-state index is -0.403. The molecule has 2 atom stereocenters. The van der Waals surface area contributed by atoms with Crippen molar-refractivity contribution in [3.63, 3.8) is 0 Å². The smallest absolute Gasteiger partial charge is 0.169 e. The Bertz CT molecular complexity index is 433. The Labute approximate surface area is 109 Å². The Morgan fingerprint density at radius 2 is 1.88 bits per heavy atom. The van der Waals surface area contributed by atoms with Gasteiger partial charge in [-0.3, -0.25) is 4.79 Å². The predicted octanol–water partition coefficient (Wildman–Crippen LogP) is 2.80. The summed E-state index contributed by atoms with van der Waals surface area (Å²) in [4.78, 5) is 11.2. The fourth-order valence-corrected chi connectivity index (χ4v) is 2.23. The summed E-state index contributed by atoms with van der Waals surface area (Å²) in [5.41, 5.74) is 2.25. The number of benzene rings is 1. The van der Waals surface area contributed by atoms with Gasteiger partial charge in [0.1, 0.15) is 11.9 Å². The quantitative estimate of drug-likeness (QED) is 0.861. The van der Waals surface area contributed by atoms with E-state index in [9.17, 15) is 4.79 Å². The zero-order chi connectivity index (χ0) is 12.6. The van der Waals surface area contributed by atoms with Crippen LogP contribution in [0.2, 0.25) is 0 Å². The van der Waals surface area contributed by atoms with E-state index in [1.54, 1.807) is 0 Å². The third-order valence-corrected chi connectivity index (χ3v) is 4.26. The van der Waals surface area contributed by atoms with Crippen molar-refractivity contribution < 1.29 is 14.3 Å². The van der Waals surface area contributed by atoms with E-state index in [4.69, 9.17) is 9.47 Å². The number of ether oxygens (including phenoxy) is 2. The van der Waals surface area contributed by atoms with Crippen molar-refractivity contribution in [2.24, 2.45) is 0 Å². The van der Waals surface area contributed by atoms with Gasteiger partial charge in [0, 0.05) is 18.0 Å². The maximum absolute atomic E-state index is 11.2. The summed E-state index contributed by atoms with van der Waals surface area (Å²) in [6.45, 7) is 4.04. The van der Waals surface area contributed by atoms with Crippen LogP contribution in [0.1, 0.15) is 17.5 Å². The standard InChI is InChI=1S/C13H15BrO3/c1-7-4-9(5-8(2)12(7)14)17-11-6-10(15)13(11)16-3/h4-5,11,13H,6H2,1-3H3. The lowest BCUT2D eigenvalue weighted by atomic mass is 9.90. The van der Waals surface area contributed by atoms with Gasteiger partial charge in [0.2, 0.25) is 0 Å². The van der Waals surface area contributed by atoms with Gasteiger partial charge in [-0.1, -0.05) is 15.9 Å². The number of halogens is 1. The predicted molar refractivity (Wildman–Crippen MR) is 68.5 cm³/mol. The molecular weight excluding hydrogens is 284 g/mol. The van der Waals surface area contributed by atoms with E-state index < -0.39 is 6.10 Å².